The Hall–Kier alpha value is -2.90. The van der Waals surface area contributed by atoms with Gasteiger partial charge in [-0.1, -0.05) is 17.3 Å². The number of amides is 1. The molecule has 1 amide bonds. The summed E-state index contributed by atoms with van der Waals surface area (Å²) in [5, 5.41) is 7.55. The van der Waals surface area contributed by atoms with Crippen LogP contribution in [0.5, 0.6) is 5.75 Å². The average molecular weight is 290 g/mol. The SMILES string of the molecule is COC(=O)c1nnn(CC(N)=O)c1-c1ccccc1OC. The fraction of sp³-hybridized carbons (Fsp3) is 0.231. The van der Waals surface area contributed by atoms with Gasteiger partial charge in [-0.25, -0.2) is 9.48 Å². The fourth-order valence-corrected chi connectivity index (χ4v) is 1.91. The molecule has 110 valence electrons. The number of benzene rings is 1. The van der Waals surface area contributed by atoms with Gasteiger partial charge in [0.1, 0.15) is 18.0 Å². The summed E-state index contributed by atoms with van der Waals surface area (Å²) < 4.78 is 11.2. The number of nitrogens with zero attached hydrogens (tertiary/aromatic N) is 3. The Labute approximate surface area is 120 Å². The second-order valence-corrected chi connectivity index (χ2v) is 4.10. The molecule has 8 heteroatoms. The van der Waals surface area contributed by atoms with Crippen LogP contribution in [0.3, 0.4) is 0 Å². The number of primary amides is 1. The third-order valence-electron chi connectivity index (χ3n) is 2.78. The van der Waals surface area contributed by atoms with Crippen LogP contribution in [0, 0.1) is 0 Å². The molecule has 0 bridgehead atoms. The van der Waals surface area contributed by atoms with E-state index in [0.717, 1.165) is 0 Å². The smallest absolute Gasteiger partial charge is 0.360 e. The number of nitrogens with two attached hydrogens (primary N) is 1. The molecule has 2 aromatic rings. The summed E-state index contributed by atoms with van der Waals surface area (Å²) in [7, 11) is 2.74. The Balaban J connectivity index is 2.65. The van der Waals surface area contributed by atoms with Gasteiger partial charge in [-0.2, -0.15) is 0 Å². The zero-order chi connectivity index (χ0) is 15.4. The molecule has 0 aliphatic carbocycles. The number of methoxy groups -OCH3 is 2. The summed E-state index contributed by atoms with van der Waals surface area (Å²) in [6, 6.07) is 6.99. The molecular weight excluding hydrogens is 276 g/mol. The first-order valence-corrected chi connectivity index (χ1v) is 6.02. The number of ether oxygens (including phenoxy) is 2. The van der Waals surface area contributed by atoms with Gasteiger partial charge in [0, 0.05) is 5.56 Å². The number of hydrogen-bond donors (Lipinski definition) is 1. The predicted octanol–water partition coefficient (Wildman–Crippen LogP) is 0.226. The molecular formula is C13H14N4O4. The number of aromatic nitrogens is 3. The minimum Gasteiger partial charge on any atom is -0.496 e. The maximum atomic E-state index is 11.8. The highest BCUT2D eigenvalue weighted by Gasteiger charge is 2.24. The minimum atomic E-state index is -0.661. The Bertz CT molecular complexity index is 681. The second kappa shape index (κ2) is 6.04. The summed E-state index contributed by atoms with van der Waals surface area (Å²) in [5.41, 5.74) is 6.05. The molecule has 0 radical (unpaired) electrons. The lowest BCUT2D eigenvalue weighted by atomic mass is 10.1. The maximum Gasteiger partial charge on any atom is 0.360 e. The summed E-state index contributed by atoms with van der Waals surface area (Å²) >= 11 is 0. The van der Waals surface area contributed by atoms with Gasteiger partial charge in [0.2, 0.25) is 5.91 Å². The van der Waals surface area contributed by atoms with Gasteiger partial charge in [0.05, 0.1) is 14.2 Å². The van der Waals surface area contributed by atoms with Gasteiger partial charge >= 0.3 is 5.97 Å². The van der Waals surface area contributed by atoms with Gasteiger partial charge in [-0.3, -0.25) is 4.79 Å². The lowest BCUT2D eigenvalue weighted by Crippen LogP contribution is -2.20. The highest BCUT2D eigenvalue weighted by atomic mass is 16.5. The van der Waals surface area contributed by atoms with Crippen LogP contribution in [-0.4, -0.2) is 41.1 Å². The average Bonchev–Trinajstić information content (AvgIpc) is 2.89. The predicted molar refractivity (Wildman–Crippen MR) is 72.5 cm³/mol. The van der Waals surface area contributed by atoms with E-state index in [2.05, 4.69) is 15.0 Å². The number of esters is 1. The molecule has 8 nitrogen and oxygen atoms in total. The van der Waals surface area contributed by atoms with E-state index >= 15 is 0 Å². The van der Waals surface area contributed by atoms with Gasteiger partial charge in [0.15, 0.2) is 5.69 Å². The van der Waals surface area contributed by atoms with Crippen molar-refractivity contribution in [3.05, 3.63) is 30.0 Å². The van der Waals surface area contributed by atoms with Crippen LogP contribution in [0.4, 0.5) is 0 Å². The first kappa shape index (κ1) is 14.5. The summed E-state index contributed by atoms with van der Waals surface area (Å²) in [4.78, 5) is 23.0. The molecule has 0 aliphatic heterocycles. The van der Waals surface area contributed by atoms with E-state index in [1.165, 1.54) is 18.9 Å². The van der Waals surface area contributed by atoms with Crippen molar-refractivity contribution in [3.63, 3.8) is 0 Å². The van der Waals surface area contributed by atoms with Crippen LogP contribution in [0.2, 0.25) is 0 Å². The molecule has 0 atom stereocenters. The van der Waals surface area contributed by atoms with Gasteiger partial charge in [-0.05, 0) is 12.1 Å². The van der Waals surface area contributed by atoms with E-state index < -0.39 is 11.9 Å². The molecule has 0 aliphatic rings. The molecule has 2 rings (SSSR count). The van der Waals surface area contributed by atoms with Crippen LogP contribution in [0.1, 0.15) is 10.5 Å². The molecule has 1 aromatic heterocycles. The van der Waals surface area contributed by atoms with Crippen molar-refractivity contribution < 1.29 is 19.1 Å². The Kier molecular flexibility index (Phi) is 4.17. The van der Waals surface area contributed by atoms with Crippen molar-refractivity contribution in [1.82, 2.24) is 15.0 Å². The standard InChI is InChI=1S/C13H14N4O4/c1-20-9-6-4-3-5-8(9)12-11(13(19)21-2)15-16-17(12)7-10(14)18/h3-6H,7H2,1-2H3,(H2,14,18). The number of carbonyl (C=O) groups is 2. The molecule has 21 heavy (non-hydrogen) atoms. The Morgan fingerprint density at radius 1 is 1.29 bits per heavy atom. The van der Waals surface area contributed by atoms with Crippen molar-refractivity contribution >= 4 is 11.9 Å². The number of hydrogen-bond acceptors (Lipinski definition) is 6. The van der Waals surface area contributed by atoms with Gasteiger partial charge < -0.3 is 15.2 Å². The third kappa shape index (κ3) is 2.83. The summed E-state index contributed by atoms with van der Waals surface area (Å²) in [6.07, 6.45) is 0. The second-order valence-electron chi connectivity index (χ2n) is 4.10. The van der Waals surface area contributed by atoms with Crippen LogP contribution < -0.4 is 10.5 Å². The highest BCUT2D eigenvalue weighted by molar-refractivity contribution is 5.95. The van der Waals surface area contributed by atoms with E-state index in [-0.39, 0.29) is 12.2 Å². The van der Waals surface area contributed by atoms with Crippen LogP contribution in [0.15, 0.2) is 24.3 Å². The molecule has 0 fully saturated rings. The third-order valence-corrected chi connectivity index (χ3v) is 2.78. The van der Waals surface area contributed by atoms with Crippen LogP contribution >= 0.6 is 0 Å². The zero-order valence-corrected chi connectivity index (χ0v) is 11.6. The minimum absolute atomic E-state index is 0.0109. The van der Waals surface area contributed by atoms with Crippen molar-refractivity contribution in [2.45, 2.75) is 6.54 Å². The Morgan fingerprint density at radius 3 is 2.62 bits per heavy atom. The van der Waals surface area contributed by atoms with E-state index in [0.29, 0.717) is 17.0 Å². The van der Waals surface area contributed by atoms with Gasteiger partial charge in [-0.15, -0.1) is 5.10 Å². The molecule has 2 N–H and O–H groups in total. The molecule has 0 spiro atoms. The first-order valence-electron chi connectivity index (χ1n) is 6.02. The number of rotatable bonds is 5. The molecule has 0 unspecified atom stereocenters. The van der Waals surface area contributed by atoms with Crippen molar-refractivity contribution in [2.24, 2.45) is 5.73 Å². The monoisotopic (exact) mass is 290 g/mol. The summed E-state index contributed by atoms with van der Waals surface area (Å²) in [6.45, 7) is -0.211. The molecule has 1 aromatic carbocycles. The van der Waals surface area contributed by atoms with E-state index in [9.17, 15) is 9.59 Å². The van der Waals surface area contributed by atoms with Gasteiger partial charge in [0.25, 0.3) is 0 Å². The van der Waals surface area contributed by atoms with E-state index in [1.54, 1.807) is 24.3 Å². The highest BCUT2D eigenvalue weighted by Crippen LogP contribution is 2.31. The number of carbonyl (C=O) groups excluding carboxylic acids is 2. The zero-order valence-electron chi connectivity index (χ0n) is 11.6. The largest absolute Gasteiger partial charge is 0.496 e. The van der Waals surface area contributed by atoms with E-state index in [1.807, 2.05) is 0 Å². The van der Waals surface area contributed by atoms with Crippen molar-refractivity contribution in [3.8, 4) is 17.0 Å². The normalized spacial score (nSPS) is 10.2. The lowest BCUT2D eigenvalue weighted by molar-refractivity contribution is -0.118. The van der Waals surface area contributed by atoms with Crippen molar-refractivity contribution in [2.75, 3.05) is 14.2 Å². The topological polar surface area (TPSA) is 109 Å². The fourth-order valence-electron chi connectivity index (χ4n) is 1.91. The maximum absolute atomic E-state index is 11.8. The van der Waals surface area contributed by atoms with Crippen LogP contribution in [0.25, 0.3) is 11.3 Å². The Morgan fingerprint density at radius 2 is 2.00 bits per heavy atom. The van der Waals surface area contributed by atoms with Crippen LogP contribution in [-0.2, 0) is 16.1 Å². The first-order chi connectivity index (χ1) is 10.1. The molecule has 1 heterocycles. The number of para-hydroxylation sites is 1. The van der Waals surface area contributed by atoms with E-state index in [4.69, 9.17) is 10.5 Å². The molecule has 0 saturated heterocycles. The van der Waals surface area contributed by atoms with Crippen molar-refractivity contribution in [1.29, 1.82) is 0 Å². The quantitative estimate of drug-likeness (QED) is 0.789. The summed E-state index contributed by atoms with van der Waals surface area (Å²) in [5.74, 6) is -0.755. The lowest BCUT2D eigenvalue weighted by Gasteiger charge is -2.10. The molecule has 0 saturated carbocycles.